The summed E-state index contributed by atoms with van der Waals surface area (Å²) < 4.78 is 49.4. The average Bonchev–Trinajstić information content (AvgIpc) is 2.99. The maximum atomic E-state index is 13.1. The van der Waals surface area contributed by atoms with Crippen LogP contribution in [0.1, 0.15) is 35.6 Å². The zero-order valence-corrected chi connectivity index (χ0v) is 21.0. The number of hydrogen-bond donors (Lipinski definition) is 2. The Balaban J connectivity index is 1.46. The molecule has 39 heavy (non-hydrogen) atoms. The predicted octanol–water partition coefficient (Wildman–Crippen LogP) is 3.56. The summed E-state index contributed by atoms with van der Waals surface area (Å²) in [6.07, 6.45) is -2.38. The molecule has 2 aromatic heterocycles. The van der Waals surface area contributed by atoms with Gasteiger partial charge in [-0.05, 0) is 50.2 Å². The fourth-order valence-electron chi connectivity index (χ4n) is 3.48. The zero-order valence-electron chi connectivity index (χ0n) is 21.0. The maximum absolute atomic E-state index is 13.1. The van der Waals surface area contributed by atoms with E-state index < -0.39 is 35.3 Å². The van der Waals surface area contributed by atoms with E-state index >= 15 is 0 Å². The normalized spacial score (nSPS) is 15.3. The van der Waals surface area contributed by atoms with Gasteiger partial charge in [-0.2, -0.15) is 13.2 Å². The van der Waals surface area contributed by atoms with Crippen LogP contribution < -0.4 is 19.7 Å². The molecule has 0 unspecified atom stereocenters. The number of nitrogens with one attached hydrogen (secondary N) is 1. The van der Waals surface area contributed by atoms with Crippen molar-refractivity contribution in [2.45, 2.75) is 31.7 Å². The summed E-state index contributed by atoms with van der Waals surface area (Å²) in [7, 11) is 1.53. The van der Waals surface area contributed by atoms with E-state index in [9.17, 15) is 27.9 Å². The number of ether oxygens (including phenoxy) is 2. The molecule has 1 aliphatic heterocycles. The lowest BCUT2D eigenvalue weighted by Crippen LogP contribution is -2.49. The van der Waals surface area contributed by atoms with Gasteiger partial charge in [0.15, 0.2) is 0 Å². The molecule has 0 aliphatic carbocycles. The number of halogens is 3. The van der Waals surface area contributed by atoms with Crippen molar-refractivity contribution < 1.29 is 37.3 Å². The van der Waals surface area contributed by atoms with Crippen LogP contribution in [0.4, 0.5) is 18.9 Å². The molecule has 3 heterocycles. The number of aromatic nitrogens is 2. The van der Waals surface area contributed by atoms with Crippen LogP contribution in [0.3, 0.4) is 0 Å². The van der Waals surface area contributed by atoms with Crippen molar-refractivity contribution in [3.05, 3.63) is 71.8 Å². The first kappa shape index (κ1) is 27.4. The molecule has 3 aromatic rings. The largest absolute Gasteiger partial charge is 0.489 e. The molecule has 1 aromatic carbocycles. The Bertz CT molecular complexity index is 1460. The van der Waals surface area contributed by atoms with Crippen LogP contribution in [0, 0.1) is 11.8 Å². The van der Waals surface area contributed by atoms with Crippen molar-refractivity contribution >= 4 is 17.5 Å². The number of fused-ring (bicyclic) bond motifs is 1. The van der Waals surface area contributed by atoms with Crippen LogP contribution in [0.2, 0.25) is 0 Å². The first-order chi connectivity index (χ1) is 18.3. The molecule has 12 heteroatoms. The Kier molecular flexibility index (Phi) is 7.47. The zero-order chi connectivity index (χ0) is 28.4. The Morgan fingerprint density at radius 2 is 1.92 bits per heavy atom. The van der Waals surface area contributed by atoms with Crippen molar-refractivity contribution in [1.29, 1.82) is 0 Å². The number of carbonyl (C=O) groups is 2. The number of nitrogens with zero attached hydrogens (tertiary/aromatic N) is 3. The van der Waals surface area contributed by atoms with E-state index in [4.69, 9.17) is 9.47 Å². The van der Waals surface area contributed by atoms with Crippen LogP contribution in [-0.4, -0.2) is 52.2 Å². The summed E-state index contributed by atoms with van der Waals surface area (Å²) in [6.45, 7) is 2.96. The van der Waals surface area contributed by atoms with Crippen molar-refractivity contribution in [3.63, 3.8) is 0 Å². The summed E-state index contributed by atoms with van der Waals surface area (Å²) in [5, 5.41) is 12.4. The molecule has 9 nitrogen and oxygen atoms in total. The minimum atomic E-state index is -4.58. The highest BCUT2D eigenvalue weighted by Gasteiger charge is 2.33. The minimum absolute atomic E-state index is 0.0268. The third-order valence-electron chi connectivity index (χ3n) is 5.40. The van der Waals surface area contributed by atoms with E-state index in [1.807, 2.05) is 0 Å². The monoisotopic (exact) mass is 540 g/mol. The van der Waals surface area contributed by atoms with Crippen LogP contribution in [0.5, 0.6) is 17.2 Å². The summed E-state index contributed by atoms with van der Waals surface area (Å²) in [6, 6.07) is 8.51. The van der Waals surface area contributed by atoms with Crippen LogP contribution >= 0.6 is 0 Å². The summed E-state index contributed by atoms with van der Waals surface area (Å²) >= 11 is 0. The standard InChI is InChI=1S/C27H23F3N4O5/c1-26(2,37)10-8-16-4-6-22-21(12-16)34(3)25(36)20(15-38-22)33-24(35)19-13-17(9-11-31-19)39-18-5-7-23(32-14-18)27(28,29)30/h4-7,9,11-14,20,37H,15H2,1-3H3,(H,33,35)/t20-/m0/s1. The Morgan fingerprint density at radius 1 is 1.15 bits per heavy atom. The molecule has 0 bridgehead atoms. The highest BCUT2D eigenvalue weighted by molar-refractivity contribution is 6.03. The number of alkyl halides is 3. The summed E-state index contributed by atoms with van der Waals surface area (Å²) in [4.78, 5) is 34.7. The van der Waals surface area contributed by atoms with Gasteiger partial charge in [0.25, 0.3) is 11.8 Å². The van der Waals surface area contributed by atoms with E-state index in [1.165, 1.54) is 30.3 Å². The second kappa shape index (κ2) is 10.6. The van der Waals surface area contributed by atoms with Crippen molar-refractivity contribution in [2.75, 3.05) is 18.6 Å². The Labute approximate surface area is 221 Å². The third-order valence-corrected chi connectivity index (χ3v) is 5.40. The molecule has 0 saturated heterocycles. The second-order valence-electron chi connectivity index (χ2n) is 9.08. The van der Waals surface area contributed by atoms with Crippen LogP contribution in [-0.2, 0) is 11.0 Å². The quantitative estimate of drug-likeness (QED) is 0.487. The highest BCUT2D eigenvalue weighted by Crippen LogP contribution is 2.32. The number of hydrogen-bond acceptors (Lipinski definition) is 7. The van der Waals surface area contributed by atoms with Gasteiger partial charge in [0.1, 0.15) is 46.9 Å². The lowest BCUT2D eigenvalue weighted by molar-refractivity contribution is -0.141. The molecule has 0 saturated carbocycles. The molecule has 202 valence electrons. The minimum Gasteiger partial charge on any atom is -0.489 e. The molecule has 2 N–H and O–H groups in total. The van der Waals surface area contributed by atoms with E-state index in [0.29, 0.717) is 17.0 Å². The fourth-order valence-corrected chi connectivity index (χ4v) is 3.48. The fraction of sp³-hybridized carbons (Fsp3) is 0.259. The Morgan fingerprint density at radius 3 is 2.59 bits per heavy atom. The average molecular weight is 540 g/mol. The lowest BCUT2D eigenvalue weighted by Gasteiger charge is -2.20. The number of likely N-dealkylation sites (N-methyl/N-ethyl adjacent to an activating group) is 1. The predicted molar refractivity (Wildman–Crippen MR) is 133 cm³/mol. The number of anilines is 1. The van der Waals surface area contributed by atoms with Gasteiger partial charge in [-0.25, -0.2) is 4.98 Å². The number of benzene rings is 1. The smallest absolute Gasteiger partial charge is 0.433 e. The topological polar surface area (TPSA) is 114 Å². The van der Waals surface area contributed by atoms with Gasteiger partial charge >= 0.3 is 6.18 Å². The van der Waals surface area contributed by atoms with Crippen LogP contribution in [0.25, 0.3) is 0 Å². The van der Waals surface area contributed by atoms with E-state index in [0.717, 1.165) is 18.3 Å². The van der Waals surface area contributed by atoms with E-state index in [2.05, 4.69) is 27.1 Å². The molecule has 0 fully saturated rings. The van der Waals surface area contributed by atoms with Gasteiger partial charge < -0.3 is 24.8 Å². The van der Waals surface area contributed by atoms with Gasteiger partial charge in [-0.3, -0.25) is 14.6 Å². The number of carbonyl (C=O) groups excluding carboxylic acids is 2. The molecule has 2 amide bonds. The highest BCUT2D eigenvalue weighted by atomic mass is 19.4. The van der Waals surface area contributed by atoms with Crippen LogP contribution in [0.15, 0.2) is 54.9 Å². The van der Waals surface area contributed by atoms with Gasteiger partial charge in [0, 0.05) is 24.9 Å². The first-order valence-electron chi connectivity index (χ1n) is 11.6. The second-order valence-corrected chi connectivity index (χ2v) is 9.08. The van der Waals surface area contributed by atoms with Crippen molar-refractivity contribution in [1.82, 2.24) is 15.3 Å². The van der Waals surface area contributed by atoms with Gasteiger partial charge in [-0.15, -0.1) is 0 Å². The van der Waals surface area contributed by atoms with E-state index in [-0.39, 0.29) is 23.8 Å². The molecule has 1 aliphatic rings. The van der Waals surface area contributed by atoms with Crippen molar-refractivity contribution in [2.24, 2.45) is 0 Å². The number of rotatable bonds is 4. The summed E-state index contributed by atoms with van der Waals surface area (Å²) in [5.41, 5.74) is -1.34. The molecule has 4 rings (SSSR count). The van der Waals surface area contributed by atoms with Gasteiger partial charge in [0.05, 0.1) is 11.9 Å². The maximum Gasteiger partial charge on any atom is 0.433 e. The molecular weight excluding hydrogens is 517 g/mol. The van der Waals surface area contributed by atoms with E-state index in [1.54, 1.807) is 32.0 Å². The number of amides is 2. The third kappa shape index (κ3) is 6.82. The van der Waals surface area contributed by atoms with Gasteiger partial charge in [0.2, 0.25) is 0 Å². The number of aliphatic hydroxyl groups is 1. The molecular formula is C27H23F3N4O5. The van der Waals surface area contributed by atoms with Crippen molar-refractivity contribution in [3.8, 4) is 29.1 Å². The summed E-state index contributed by atoms with van der Waals surface area (Å²) in [5.74, 6) is 4.99. The first-order valence-corrected chi connectivity index (χ1v) is 11.6. The lowest BCUT2D eigenvalue weighted by atomic mass is 10.1. The molecule has 0 radical (unpaired) electrons. The number of pyridine rings is 2. The molecule has 1 atom stereocenters. The molecule has 0 spiro atoms. The van der Waals surface area contributed by atoms with Gasteiger partial charge in [-0.1, -0.05) is 11.8 Å². The SMILES string of the molecule is CN1C(=O)[C@@H](NC(=O)c2cc(Oc3ccc(C(F)(F)F)nc3)ccn2)COc2ccc(C#CC(C)(C)O)cc21. The Hall–Kier alpha value is -4.63.